The Balaban J connectivity index is 1.69. The van der Waals surface area contributed by atoms with Crippen molar-refractivity contribution in [2.45, 2.75) is 59.4 Å². The van der Waals surface area contributed by atoms with Crippen LogP contribution < -0.4 is 5.32 Å². The maximum Gasteiger partial charge on any atom is 0.0130 e. The summed E-state index contributed by atoms with van der Waals surface area (Å²) < 4.78 is 0. The molecule has 2 aliphatic rings. The Labute approximate surface area is 130 Å². The van der Waals surface area contributed by atoms with E-state index in [2.05, 4.69) is 57.3 Å². The molecule has 21 heavy (non-hydrogen) atoms. The zero-order valence-corrected chi connectivity index (χ0v) is 14.2. The number of hydrogen-bond donors (Lipinski definition) is 1. The second-order valence-corrected chi connectivity index (χ2v) is 8.48. The molecule has 2 bridgehead atoms. The molecule has 2 aliphatic carbocycles. The second kappa shape index (κ2) is 5.76. The van der Waals surface area contributed by atoms with Gasteiger partial charge < -0.3 is 5.32 Å². The molecule has 1 aromatic carbocycles. The molecular formula is C20H31N. The molecule has 0 heterocycles. The first kappa shape index (κ1) is 15.1. The Hall–Kier alpha value is -0.820. The molecule has 1 nitrogen and oxygen atoms in total. The van der Waals surface area contributed by atoms with E-state index in [0.29, 0.717) is 5.41 Å². The van der Waals surface area contributed by atoms with Crippen molar-refractivity contribution in [3.05, 3.63) is 35.4 Å². The molecule has 1 aromatic rings. The van der Waals surface area contributed by atoms with Gasteiger partial charge in [0, 0.05) is 6.04 Å². The summed E-state index contributed by atoms with van der Waals surface area (Å²) in [6, 6.07) is 9.86. The lowest BCUT2D eigenvalue weighted by Gasteiger charge is -2.31. The van der Waals surface area contributed by atoms with E-state index in [4.69, 9.17) is 0 Å². The van der Waals surface area contributed by atoms with Crippen LogP contribution in [0, 0.1) is 23.2 Å². The molecule has 0 amide bonds. The Morgan fingerprint density at radius 3 is 2.05 bits per heavy atom. The van der Waals surface area contributed by atoms with Crippen LogP contribution >= 0.6 is 0 Å². The first-order valence-electron chi connectivity index (χ1n) is 8.75. The van der Waals surface area contributed by atoms with E-state index >= 15 is 0 Å². The average Bonchev–Trinajstić information content (AvgIpc) is 2.69. The van der Waals surface area contributed by atoms with Crippen LogP contribution in [0.3, 0.4) is 0 Å². The second-order valence-electron chi connectivity index (χ2n) is 8.48. The summed E-state index contributed by atoms with van der Waals surface area (Å²) in [5.41, 5.74) is 3.63. The largest absolute Gasteiger partial charge is 0.313 e. The summed E-state index contributed by atoms with van der Waals surface area (Å²) in [6.45, 7) is 10.6. The molecule has 1 saturated carbocycles. The topological polar surface area (TPSA) is 12.0 Å². The molecule has 3 rings (SSSR count). The average molecular weight is 285 g/mol. The predicted molar refractivity (Wildman–Crippen MR) is 90.5 cm³/mol. The summed E-state index contributed by atoms with van der Waals surface area (Å²) in [4.78, 5) is 0. The van der Waals surface area contributed by atoms with Gasteiger partial charge in [0.15, 0.2) is 0 Å². The third kappa shape index (κ3) is 3.18. The zero-order chi connectivity index (χ0) is 15.0. The molecule has 3 atom stereocenters. The highest BCUT2D eigenvalue weighted by Gasteiger charge is 2.38. The summed E-state index contributed by atoms with van der Waals surface area (Å²) in [5, 5.41) is 3.96. The minimum Gasteiger partial charge on any atom is -0.313 e. The first-order chi connectivity index (χ1) is 9.95. The third-order valence-corrected chi connectivity index (χ3v) is 6.14. The van der Waals surface area contributed by atoms with E-state index in [1.165, 1.54) is 25.7 Å². The fourth-order valence-electron chi connectivity index (χ4n) is 4.10. The first-order valence-corrected chi connectivity index (χ1v) is 8.75. The van der Waals surface area contributed by atoms with E-state index in [1.54, 1.807) is 11.1 Å². The Morgan fingerprint density at radius 1 is 1.05 bits per heavy atom. The molecule has 1 fully saturated rings. The van der Waals surface area contributed by atoms with Crippen LogP contribution in [0.5, 0.6) is 0 Å². The lowest BCUT2D eigenvalue weighted by molar-refractivity contribution is 0.227. The Kier molecular flexibility index (Phi) is 4.14. The molecule has 0 spiro atoms. The van der Waals surface area contributed by atoms with Gasteiger partial charge in [0.2, 0.25) is 0 Å². The molecule has 0 radical (unpaired) electrons. The van der Waals surface area contributed by atoms with Crippen molar-refractivity contribution < 1.29 is 0 Å². The summed E-state index contributed by atoms with van der Waals surface area (Å²) in [7, 11) is 0. The van der Waals surface area contributed by atoms with Gasteiger partial charge in [-0.1, -0.05) is 52.0 Å². The molecular weight excluding hydrogens is 254 g/mol. The molecule has 3 unspecified atom stereocenters. The fraction of sp³-hybridized carbons (Fsp3) is 0.700. The van der Waals surface area contributed by atoms with Gasteiger partial charge in [0.05, 0.1) is 0 Å². The van der Waals surface area contributed by atoms with Crippen LogP contribution in [0.15, 0.2) is 24.3 Å². The summed E-state index contributed by atoms with van der Waals surface area (Å²) in [6.07, 6.45) is 5.41. The maximum atomic E-state index is 3.96. The smallest absolute Gasteiger partial charge is 0.0130 e. The third-order valence-electron chi connectivity index (χ3n) is 6.14. The quantitative estimate of drug-likeness (QED) is 0.865. The van der Waals surface area contributed by atoms with E-state index in [0.717, 1.165) is 30.3 Å². The standard InChI is InChI=1S/C20H31N/c1-14(20(2,3)4)13-21-19-17-9-10-18(19)12-16-8-6-5-7-15(16)11-17/h5-8,14,17-19,21H,9-13H2,1-4H3. The molecule has 0 saturated heterocycles. The Morgan fingerprint density at radius 2 is 1.57 bits per heavy atom. The van der Waals surface area contributed by atoms with Crippen molar-refractivity contribution in [2.75, 3.05) is 6.54 Å². The molecule has 0 aromatic heterocycles. The maximum absolute atomic E-state index is 3.96. The van der Waals surface area contributed by atoms with Gasteiger partial charge in [-0.3, -0.25) is 0 Å². The predicted octanol–water partition coefficient (Wildman–Crippen LogP) is 4.45. The number of rotatable bonds is 3. The van der Waals surface area contributed by atoms with Crippen LogP contribution in [0.25, 0.3) is 0 Å². The normalized spacial score (nSPS) is 29.8. The van der Waals surface area contributed by atoms with Gasteiger partial charge in [-0.2, -0.15) is 0 Å². The zero-order valence-electron chi connectivity index (χ0n) is 14.2. The van der Waals surface area contributed by atoms with Crippen LogP contribution in [0.2, 0.25) is 0 Å². The van der Waals surface area contributed by atoms with Gasteiger partial charge in [-0.05, 0) is 66.5 Å². The lowest BCUT2D eigenvalue weighted by atomic mass is 9.81. The SMILES string of the molecule is CC(CNC1C2CCC1Cc1ccccc1C2)C(C)(C)C. The van der Waals surface area contributed by atoms with Crippen molar-refractivity contribution >= 4 is 0 Å². The molecule has 0 aliphatic heterocycles. The molecule has 1 heteroatoms. The number of benzene rings is 1. The highest BCUT2D eigenvalue weighted by Crippen LogP contribution is 2.40. The van der Waals surface area contributed by atoms with Crippen LogP contribution in [0.1, 0.15) is 51.7 Å². The van der Waals surface area contributed by atoms with E-state index in [9.17, 15) is 0 Å². The van der Waals surface area contributed by atoms with Crippen molar-refractivity contribution in [3.63, 3.8) is 0 Å². The van der Waals surface area contributed by atoms with Crippen LogP contribution in [-0.2, 0) is 12.8 Å². The van der Waals surface area contributed by atoms with E-state index in [-0.39, 0.29) is 0 Å². The minimum absolute atomic E-state index is 0.403. The van der Waals surface area contributed by atoms with Crippen LogP contribution in [-0.4, -0.2) is 12.6 Å². The van der Waals surface area contributed by atoms with Crippen LogP contribution in [0.4, 0.5) is 0 Å². The molecule has 1 N–H and O–H groups in total. The summed E-state index contributed by atoms with van der Waals surface area (Å²) in [5.74, 6) is 2.43. The fourth-order valence-corrected chi connectivity index (χ4v) is 4.10. The molecule has 116 valence electrons. The number of fused-ring (bicyclic) bond motifs is 3. The van der Waals surface area contributed by atoms with Gasteiger partial charge in [0.1, 0.15) is 0 Å². The number of nitrogens with one attached hydrogen (secondary N) is 1. The van der Waals surface area contributed by atoms with Crippen molar-refractivity contribution in [2.24, 2.45) is 23.2 Å². The van der Waals surface area contributed by atoms with Crippen molar-refractivity contribution in [1.82, 2.24) is 5.32 Å². The van der Waals surface area contributed by atoms with Gasteiger partial charge in [-0.15, -0.1) is 0 Å². The lowest BCUT2D eigenvalue weighted by Crippen LogP contribution is -2.42. The highest BCUT2D eigenvalue weighted by molar-refractivity contribution is 5.30. The van der Waals surface area contributed by atoms with Gasteiger partial charge >= 0.3 is 0 Å². The van der Waals surface area contributed by atoms with Gasteiger partial charge in [-0.25, -0.2) is 0 Å². The van der Waals surface area contributed by atoms with E-state index in [1.807, 2.05) is 0 Å². The van der Waals surface area contributed by atoms with Crippen molar-refractivity contribution in [1.29, 1.82) is 0 Å². The van der Waals surface area contributed by atoms with E-state index < -0.39 is 0 Å². The number of hydrogen-bond acceptors (Lipinski definition) is 1. The van der Waals surface area contributed by atoms with Crippen molar-refractivity contribution in [3.8, 4) is 0 Å². The van der Waals surface area contributed by atoms with Gasteiger partial charge in [0.25, 0.3) is 0 Å². The summed E-state index contributed by atoms with van der Waals surface area (Å²) >= 11 is 0. The monoisotopic (exact) mass is 285 g/mol. The highest BCUT2D eigenvalue weighted by atomic mass is 14.9. The Bertz CT molecular complexity index is 452. The minimum atomic E-state index is 0.403.